The zero-order chi connectivity index (χ0) is 25.4. The van der Waals surface area contributed by atoms with Gasteiger partial charge in [-0.25, -0.2) is 4.79 Å². The molecule has 1 unspecified atom stereocenters. The molecule has 6 heteroatoms. The van der Waals surface area contributed by atoms with Crippen molar-refractivity contribution in [3.05, 3.63) is 54.1 Å². The van der Waals surface area contributed by atoms with Crippen molar-refractivity contribution in [1.82, 2.24) is 5.32 Å². The Bertz CT molecular complexity index is 688. The number of rotatable bonds is 21. The average Bonchev–Trinajstić information content (AvgIpc) is 2.86. The minimum atomic E-state index is -0.494. The quantitative estimate of drug-likeness (QED) is 0.0811. The number of ether oxygens (including phenoxy) is 3. The number of carbonyl (C=O) groups excluding carboxylic acids is 1. The third-order valence-electron chi connectivity index (χ3n) is 5.62. The van der Waals surface area contributed by atoms with E-state index in [-0.39, 0.29) is 0 Å². The van der Waals surface area contributed by atoms with E-state index in [0.717, 1.165) is 37.7 Å². The van der Waals surface area contributed by atoms with Crippen LogP contribution in [0, 0.1) is 0 Å². The van der Waals surface area contributed by atoms with E-state index in [2.05, 4.69) is 36.5 Å². The van der Waals surface area contributed by atoms with Gasteiger partial charge in [0, 0.05) is 24.9 Å². The van der Waals surface area contributed by atoms with Crippen molar-refractivity contribution >= 4 is 11.8 Å². The minimum absolute atomic E-state index is 0.322. The van der Waals surface area contributed by atoms with Gasteiger partial charge in [0.2, 0.25) is 0 Å². The number of nitrogens with one attached hydrogen (secondary N) is 1. The molecule has 0 saturated carbocycles. The summed E-state index contributed by atoms with van der Waals surface area (Å²) in [5, 5.41) is 2.70. The van der Waals surface area contributed by atoms with Gasteiger partial charge in [0.05, 0.1) is 13.2 Å². The van der Waals surface area contributed by atoms with Crippen LogP contribution in [0.3, 0.4) is 0 Å². The molecule has 0 fully saturated rings. The van der Waals surface area contributed by atoms with Crippen molar-refractivity contribution in [2.24, 2.45) is 0 Å². The van der Waals surface area contributed by atoms with Crippen LogP contribution in [-0.2, 0) is 14.2 Å². The van der Waals surface area contributed by atoms with E-state index in [0.29, 0.717) is 25.4 Å². The molecule has 0 aliphatic carbocycles. The molecule has 1 atom stereocenters. The second kappa shape index (κ2) is 22.2. The Morgan fingerprint density at radius 1 is 0.857 bits per heavy atom. The molecule has 1 aromatic carbocycles. The SMILES string of the molecule is CCCCC/C=C/CC/C=C/CCCCCCCOC(=O)NCCOC(OC)c1ccc(N)cc1. The highest BCUT2D eigenvalue weighted by Crippen LogP contribution is 2.19. The van der Waals surface area contributed by atoms with Crippen LogP contribution in [0.15, 0.2) is 48.6 Å². The van der Waals surface area contributed by atoms with Crippen LogP contribution in [0.5, 0.6) is 0 Å². The molecule has 0 heterocycles. The predicted octanol–water partition coefficient (Wildman–Crippen LogP) is 7.47. The standard InChI is InChI=1S/C29H48N2O4/c1-3-4-5-6-7-8-9-10-11-12-13-14-15-16-17-18-24-35-29(32)31-23-25-34-28(33-2)26-19-21-27(30)22-20-26/h7-8,11-12,19-22,28H,3-6,9-10,13-18,23-25,30H2,1-2H3,(H,31,32)/b8-7+,12-11+. The largest absolute Gasteiger partial charge is 0.450 e. The molecule has 6 nitrogen and oxygen atoms in total. The van der Waals surface area contributed by atoms with Crippen LogP contribution in [0.25, 0.3) is 0 Å². The van der Waals surface area contributed by atoms with Gasteiger partial charge in [0.25, 0.3) is 0 Å². The van der Waals surface area contributed by atoms with Gasteiger partial charge in [-0.2, -0.15) is 0 Å². The summed E-state index contributed by atoms with van der Waals surface area (Å²) in [5.41, 5.74) is 7.26. The summed E-state index contributed by atoms with van der Waals surface area (Å²) < 4.78 is 16.2. The molecule has 0 aliphatic heterocycles. The second-order valence-electron chi connectivity index (χ2n) is 8.74. The molecule has 0 bridgehead atoms. The Morgan fingerprint density at radius 2 is 1.46 bits per heavy atom. The van der Waals surface area contributed by atoms with Gasteiger partial charge in [-0.15, -0.1) is 0 Å². The molecule has 1 aromatic rings. The van der Waals surface area contributed by atoms with Gasteiger partial charge >= 0.3 is 6.09 Å². The Labute approximate surface area is 213 Å². The number of unbranched alkanes of at least 4 members (excludes halogenated alkanes) is 9. The van der Waals surface area contributed by atoms with Gasteiger partial charge in [-0.05, 0) is 57.1 Å². The number of anilines is 1. The van der Waals surface area contributed by atoms with Crippen LogP contribution in [0.2, 0.25) is 0 Å². The normalized spacial score (nSPS) is 12.4. The van der Waals surface area contributed by atoms with E-state index in [1.165, 1.54) is 44.9 Å². The molecular formula is C29H48N2O4. The van der Waals surface area contributed by atoms with Crippen LogP contribution in [0.4, 0.5) is 10.5 Å². The zero-order valence-corrected chi connectivity index (χ0v) is 22.0. The van der Waals surface area contributed by atoms with Crippen molar-refractivity contribution in [2.75, 3.05) is 32.6 Å². The summed E-state index contributed by atoms with van der Waals surface area (Å²) >= 11 is 0. The van der Waals surface area contributed by atoms with Crippen LogP contribution in [-0.4, -0.2) is 33.0 Å². The number of allylic oxidation sites excluding steroid dienone is 4. The smallest absolute Gasteiger partial charge is 0.407 e. The van der Waals surface area contributed by atoms with Crippen molar-refractivity contribution in [3.63, 3.8) is 0 Å². The fourth-order valence-electron chi connectivity index (χ4n) is 3.56. The molecule has 1 rings (SSSR count). The van der Waals surface area contributed by atoms with E-state index < -0.39 is 12.4 Å². The number of amides is 1. The molecule has 198 valence electrons. The molecular weight excluding hydrogens is 440 g/mol. The molecule has 0 aliphatic rings. The lowest BCUT2D eigenvalue weighted by Gasteiger charge is -2.17. The van der Waals surface area contributed by atoms with E-state index in [1.807, 2.05) is 12.1 Å². The van der Waals surface area contributed by atoms with Gasteiger partial charge in [0.15, 0.2) is 6.29 Å². The van der Waals surface area contributed by atoms with Crippen LogP contribution in [0.1, 0.15) is 95.8 Å². The molecule has 35 heavy (non-hydrogen) atoms. The summed E-state index contributed by atoms with van der Waals surface area (Å²) in [5.74, 6) is 0. The number of benzene rings is 1. The Kier molecular flexibility index (Phi) is 19.5. The first-order valence-electron chi connectivity index (χ1n) is 13.4. The van der Waals surface area contributed by atoms with E-state index in [9.17, 15) is 4.79 Å². The molecule has 0 radical (unpaired) electrons. The number of nitrogen functional groups attached to an aromatic ring is 1. The first kappa shape index (κ1) is 30.7. The number of carbonyl (C=O) groups is 1. The Balaban J connectivity index is 1.90. The predicted molar refractivity (Wildman–Crippen MR) is 145 cm³/mol. The van der Waals surface area contributed by atoms with Crippen molar-refractivity contribution in [3.8, 4) is 0 Å². The van der Waals surface area contributed by atoms with Crippen LogP contribution >= 0.6 is 0 Å². The Hall–Kier alpha value is -2.31. The topological polar surface area (TPSA) is 82.8 Å². The summed E-state index contributed by atoms with van der Waals surface area (Å²) in [6, 6.07) is 7.32. The summed E-state index contributed by atoms with van der Waals surface area (Å²) in [4.78, 5) is 11.8. The van der Waals surface area contributed by atoms with Crippen molar-refractivity contribution < 1.29 is 19.0 Å². The second-order valence-corrected chi connectivity index (χ2v) is 8.74. The number of alkyl carbamates (subject to hydrolysis) is 1. The Morgan fingerprint density at radius 3 is 2.11 bits per heavy atom. The number of hydrogen-bond acceptors (Lipinski definition) is 5. The summed E-state index contributed by atoms with van der Waals surface area (Å²) in [6.45, 7) is 3.37. The highest BCUT2D eigenvalue weighted by atomic mass is 16.7. The fraction of sp³-hybridized carbons (Fsp3) is 0.621. The molecule has 0 aromatic heterocycles. The maximum Gasteiger partial charge on any atom is 0.407 e. The monoisotopic (exact) mass is 488 g/mol. The minimum Gasteiger partial charge on any atom is -0.450 e. The molecule has 1 amide bonds. The van der Waals surface area contributed by atoms with Gasteiger partial charge < -0.3 is 25.3 Å². The maximum atomic E-state index is 11.8. The van der Waals surface area contributed by atoms with Crippen molar-refractivity contribution in [1.29, 1.82) is 0 Å². The molecule has 0 saturated heterocycles. The lowest BCUT2D eigenvalue weighted by molar-refractivity contribution is -0.126. The maximum absolute atomic E-state index is 11.8. The van der Waals surface area contributed by atoms with Crippen LogP contribution < -0.4 is 11.1 Å². The summed E-state index contributed by atoms with van der Waals surface area (Å²) in [7, 11) is 1.58. The highest BCUT2D eigenvalue weighted by molar-refractivity contribution is 5.66. The number of methoxy groups -OCH3 is 1. The first-order valence-corrected chi connectivity index (χ1v) is 13.4. The zero-order valence-electron chi connectivity index (χ0n) is 22.0. The van der Waals surface area contributed by atoms with E-state index >= 15 is 0 Å². The lowest BCUT2D eigenvalue weighted by Crippen LogP contribution is -2.28. The van der Waals surface area contributed by atoms with E-state index in [1.54, 1.807) is 19.2 Å². The van der Waals surface area contributed by atoms with Gasteiger partial charge in [-0.1, -0.05) is 75.5 Å². The number of hydrogen-bond donors (Lipinski definition) is 2. The highest BCUT2D eigenvalue weighted by Gasteiger charge is 2.10. The molecule has 0 spiro atoms. The average molecular weight is 489 g/mol. The fourth-order valence-corrected chi connectivity index (χ4v) is 3.56. The van der Waals surface area contributed by atoms with Gasteiger partial charge in [0.1, 0.15) is 0 Å². The first-order chi connectivity index (χ1) is 17.2. The lowest BCUT2D eigenvalue weighted by atomic mass is 10.1. The number of nitrogens with two attached hydrogens (primary N) is 1. The van der Waals surface area contributed by atoms with Gasteiger partial charge in [-0.3, -0.25) is 0 Å². The third-order valence-corrected chi connectivity index (χ3v) is 5.62. The molecule has 3 N–H and O–H groups in total. The van der Waals surface area contributed by atoms with Crippen molar-refractivity contribution in [2.45, 2.75) is 90.3 Å². The summed E-state index contributed by atoms with van der Waals surface area (Å²) in [6.07, 6.45) is 22.6. The third kappa shape index (κ3) is 17.7. The van der Waals surface area contributed by atoms with E-state index in [4.69, 9.17) is 19.9 Å².